The summed E-state index contributed by atoms with van der Waals surface area (Å²) in [6, 6.07) is 0. The second kappa shape index (κ2) is 19.1. The number of nitrogens with one attached hydrogen (secondary N) is 3. The Labute approximate surface area is 256 Å². The molecule has 45 heavy (non-hydrogen) atoms. The number of carboxylic acid groups (broad SMARTS) is 1. The lowest BCUT2D eigenvalue weighted by Gasteiger charge is -2.39. The number of aliphatic hydroxyl groups excluding tert-OH is 8. The number of nitrogens with zero attached hydrogens (tertiary/aromatic N) is 1. The van der Waals surface area contributed by atoms with Gasteiger partial charge in [-0.05, 0) is 0 Å². The van der Waals surface area contributed by atoms with Crippen LogP contribution in [0.25, 0.3) is 0 Å². The number of hydrogen-bond acceptors (Lipinski definition) is 17. The summed E-state index contributed by atoms with van der Waals surface area (Å²) in [5.41, 5.74) is 0. The second-order valence-corrected chi connectivity index (χ2v) is 10.2. The molecule has 2 heterocycles. The fourth-order valence-corrected chi connectivity index (χ4v) is 4.26. The number of aliphatic hydroxyl groups is 8. The van der Waals surface area contributed by atoms with Crippen LogP contribution in [0.4, 0.5) is 0 Å². The maximum atomic E-state index is 12.5. The van der Waals surface area contributed by atoms with Gasteiger partial charge in [-0.2, -0.15) is 0 Å². The Morgan fingerprint density at radius 3 is 1.33 bits per heavy atom. The Bertz CT molecular complexity index is 901. The Hall–Kier alpha value is -2.64. The lowest BCUT2D eigenvalue weighted by Crippen LogP contribution is -2.59. The number of hydrogen-bond donors (Lipinski definition) is 12. The van der Waals surface area contributed by atoms with Crippen molar-refractivity contribution < 1.29 is 84.1 Å². The summed E-state index contributed by atoms with van der Waals surface area (Å²) in [4.78, 5) is 49.0. The molecule has 21 nitrogen and oxygen atoms in total. The van der Waals surface area contributed by atoms with Crippen molar-refractivity contribution in [2.45, 2.75) is 61.4 Å². The molecule has 3 amide bonds. The Kier molecular flexibility index (Phi) is 16.4. The molecule has 0 bridgehead atoms. The van der Waals surface area contributed by atoms with Crippen LogP contribution >= 0.6 is 0 Å². The van der Waals surface area contributed by atoms with Crippen molar-refractivity contribution in [3.05, 3.63) is 0 Å². The zero-order chi connectivity index (χ0) is 33.7. The zero-order valence-electron chi connectivity index (χ0n) is 24.1. The predicted octanol–water partition coefficient (Wildman–Crippen LogP) is -8.65. The monoisotopic (exact) mass is 658 g/mol. The van der Waals surface area contributed by atoms with Gasteiger partial charge in [0, 0.05) is 13.1 Å². The van der Waals surface area contributed by atoms with E-state index in [9.17, 15) is 60.0 Å². The van der Waals surface area contributed by atoms with Crippen LogP contribution < -0.4 is 16.0 Å². The highest BCUT2D eigenvalue weighted by atomic mass is 16.7. The summed E-state index contributed by atoms with van der Waals surface area (Å²) in [6.45, 7) is -4.38. The van der Waals surface area contributed by atoms with Crippen molar-refractivity contribution in [2.24, 2.45) is 0 Å². The molecule has 2 aliphatic heterocycles. The largest absolute Gasteiger partial charge is 0.480 e. The van der Waals surface area contributed by atoms with Crippen LogP contribution in [0.2, 0.25) is 0 Å². The van der Waals surface area contributed by atoms with Crippen LogP contribution in [0.3, 0.4) is 0 Å². The number of ether oxygens (including phenoxy) is 4. The van der Waals surface area contributed by atoms with Gasteiger partial charge in [-0.3, -0.25) is 24.1 Å². The molecule has 0 aromatic heterocycles. The molecule has 0 saturated carbocycles. The quantitative estimate of drug-likeness (QED) is 0.0608. The topological polar surface area (TPSA) is 327 Å². The van der Waals surface area contributed by atoms with E-state index in [0.29, 0.717) is 0 Å². The van der Waals surface area contributed by atoms with Crippen LogP contribution in [0, 0.1) is 0 Å². The molecule has 2 fully saturated rings. The Balaban J connectivity index is 1.82. The van der Waals surface area contributed by atoms with Crippen LogP contribution in [0.15, 0.2) is 0 Å². The van der Waals surface area contributed by atoms with E-state index >= 15 is 0 Å². The summed E-state index contributed by atoms with van der Waals surface area (Å²) in [6.07, 6.45) is -14.9. The van der Waals surface area contributed by atoms with Gasteiger partial charge in [0.15, 0.2) is 12.6 Å². The molecule has 2 aliphatic rings. The van der Waals surface area contributed by atoms with Gasteiger partial charge in [0.2, 0.25) is 17.7 Å². The Morgan fingerprint density at radius 1 is 0.600 bits per heavy atom. The molecular formula is C24H42N4O17. The van der Waals surface area contributed by atoms with Crippen LogP contribution in [0.5, 0.6) is 0 Å². The average molecular weight is 659 g/mol. The minimum absolute atomic E-state index is 0.158. The first-order valence-corrected chi connectivity index (χ1v) is 13.9. The molecule has 0 unspecified atom stereocenters. The van der Waals surface area contributed by atoms with Crippen molar-refractivity contribution in [3.8, 4) is 0 Å². The molecule has 0 aromatic carbocycles. The third-order valence-corrected chi connectivity index (χ3v) is 6.65. The third kappa shape index (κ3) is 12.2. The number of rotatable bonds is 18. The van der Waals surface area contributed by atoms with Gasteiger partial charge in [-0.15, -0.1) is 0 Å². The first-order chi connectivity index (χ1) is 21.3. The minimum atomic E-state index is -1.65. The SMILES string of the molecule is O=C(O)CNC(=O)CN(CC(=O)NCCO[C@H]1O[C@H](CO)[C@@H](O)[C@H](O)[C@@H]1O)CC(=O)NCCO[C@H]1O[C@H](CO)[C@@H](O)[C@H](O)[C@@H]1O. The van der Waals surface area contributed by atoms with E-state index in [0.717, 1.165) is 4.90 Å². The van der Waals surface area contributed by atoms with Crippen molar-refractivity contribution in [2.75, 3.05) is 65.7 Å². The molecule has 21 heteroatoms. The molecule has 0 spiro atoms. The molecule has 12 N–H and O–H groups in total. The van der Waals surface area contributed by atoms with E-state index in [1.807, 2.05) is 0 Å². The van der Waals surface area contributed by atoms with Crippen molar-refractivity contribution in [1.82, 2.24) is 20.9 Å². The molecule has 260 valence electrons. The number of aliphatic carboxylic acids is 1. The van der Waals surface area contributed by atoms with Gasteiger partial charge >= 0.3 is 5.97 Å². The number of carbonyl (C=O) groups is 4. The average Bonchev–Trinajstić information content (AvgIpc) is 2.99. The van der Waals surface area contributed by atoms with E-state index in [1.165, 1.54) is 0 Å². The fourth-order valence-electron chi connectivity index (χ4n) is 4.26. The first-order valence-electron chi connectivity index (χ1n) is 13.9. The highest BCUT2D eigenvalue weighted by molar-refractivity contribution is 5.85. The van der Waals surface area contributed by atoms with Crippen LogP contribution in [-0.2, 0) is 38.1 Å². The summed E-state index contributed by atoms with van der Waals surface area (Å²) < 4.78 is 20.9. The van der Waals surface area contributed by atoms with E-state index in [-0.39, 0.29) is 26.3 Å². The van der Waals surface area contributed by atoms with Crippen molar-refractivity contribution >= 4 is 23.7 Å². The van der Waals surface area contributed by atoms with E-state index in [1.54, 1.807) is 0 Å². The van der Waals surface area contributed by atoms with Gasteiger partial charge in [-0.1, -0.05) is 0 Å². The van der Waals surface area contributed by atoms with Gasteiger partial charge in [0.05, 0.1) is 46.1 Å². The van der Waals surface area contributed by atoms with E-state index in [4.69, 9.17) is 24.1 Å². The first kappa shape index (κ1) is 38.5. The highest BCUT2D eigenvalue weighted by Gasteiger charge is 2.45. The van der Waals surface area contributed by atoms with Gasteiger partial charge < -0.3 is 80.9 Å². The summed E-state index contributed by atoms with van der Waals surface area (Å²) in [7, 11) is 0. The summed E-state index contributed by atoms with van der Waals surface area (Å²) >= 11 is 0. The minimum Gasteiger partial charge on any atom is -0.480 e. The van der Waals surface area contributed by atoms with Crippen LogP contribution in [0.1, 0.15) is 0 Å². The smallest absolute Gasteiger partial charge is 0.322 e. The van der Waals surface area contributed by atoms with Gasteiger partial charge in [0.25, 0.3) is 0 Å². The standard InChI is InChI=1S/C24H42N4O17/c29-9-11-17(36)19(38)21(40)23(44-11)42-3-1-25-13(31)6-28(8-15(33)27-5-16(34)35)7-14(32)26-2-4-43-24-22(41)20(39)18(37)12(10-30)45-24/h11-12,17-24,29-30,36-41H,1-10H2,(H,25,31)(H,26,32)(H,27,33)(H,34,35)/t11-,12-,17-,18-,19+,20+,21+,22+,23+,24+/m1/s1. The Morgan fingerprint density at radius 2 is 0.978 bits per heavy atom. The summed E-state index contributed by atoms with van der Waals surface area (Å²) in [5.74, 6) is -3.48. The van der Waals surface area contributed by atoms with Gasteiger partial charge in [-0.25, -0.2) is 0 Å². The normalized spacial score (nSPS) is 31.8. The number of amides is 3. The second-order valence-electron chi connectivity index (χ2n) is 10.2. The molecule has 0 radical (unpaired) electrons. The summed E-state index contributed by atoms with van der Waals surface area (Å²) in [5, 5.41) is 93.4. The molecule has 10 atom stereocenters. The maximum Gasteiger partial charge on any atom is 0.322 e. The maximum absolute atomic E-state index is 12.5. The fraction of sp³-hybridized carbons (Fsp3) is 0.833. The molecule has 2 rings (SSSR count). The van der Waals surface area contributed by atoms with Crippen molar-refractivity contribution in [1.29, 1.82) is 0 Å². The van der Waals surface area contributed by atoms with E-state index in [2.05, 4.69) is 16.0 Å². The third-order valence-electron chi connectivity index (χ3n) is 6.65. The van der Waals surface area contributed by atoms with E-state index < -0.39 is 124 Å². The lowest BCUT2D eigenvalue weighted by molar-refractivity contribution is -0.300. The molecule has 0 aliphatic carbocycles. The van der Waals surface area contributed by atoms with Crippen molar-refractivity contribution in [3.63, 3.8) is 0 Å². The zero-order valence-corrected chi connectivity index (χ0v) is 24.1. The van der Waals surface area contributed by atoms with Gasteiger partial charge in [0.1, 0.15) is 55.4 Å². The lowest BCUT2D eigenvalue weighted by atomic mass is 9.99. The molecule has 0 aromatic rings. The number of carboxylic acids is 1. The molecular weight excluding hydrogens is 616 g/mol. The molecule has 2 saturated heterocycles. The van der Waals surface area contributed by atoms with Crippen LogP contribution in [-0.4, -0.2) is 202 Å². The number of carbonyl (C=O) groups excluding carboxylic acids is 3. The highest BCUT2D eigenvalue weighted by Crippen LogP contribution is 2.22. The predicted molar refractivity (Wildman–Crippen MR) is 143 cm³/mol.